The molecule has 0 radical (unpaired) electrons. The van der Waals surface area contributed by atoms with Crippen LogP contribution in [0.3, 0.4) is 0 Å². The van der Waals surface area contributed by atoms with Crippen molar-refractivity contribution in [1.29, 1.82) is 0 Å². The Morgan fingerprint density at radius 3 is 2.38 bits per heavy atom. The summed E-state index contributed by atoms with van der Waals surface area (Å²) >= 11 is 0. The lowest BCUT2D eigenvalue weighted by Gasteiger charge is -2.32. The van der Waals surface area contributed by atoms with Gasteiger partial charge < -0.3 is 27.0 Å². The van der Waals surface area contributed by atoms with E-state index in [1.807, 2.05) is 12.1 Å². The maximum Gasteiger partial charge on any atom is 0.319 e. The molecule has 2 amide bonds. The van der Waals surface area contributed by atoms with Gasteiger partial charge in [-0.05, 0) is 105 Å². The molecule has 196 valence electrons. The average Bonchev–Trinajstić information content (AvgIpc) is 2.89. The molecule has 1 atom stereocenters. The van der Waals surface area contributed by atoms with Gasteiger partial charge in [0, 0.05) is 31.2 Å². The summed E-state index contributed by atoms with van der Waals surface area (Å²) in [6.07, 6.45) is 13.3. The Morgan fingerprint density at radius 2 is 1.73 bits per heavy atom. The fourth-order valence-electron chi connectivity index (χ4n) is 4.33. The van der Waals surface area contributed by atoms with Crippen LogP contribution in [0.5, 0.6) is 0 Å². The second-order valence-corrected chi connectivity index (χ2v) is 8.94. The van der Waals surface area contributed by atoms with Gasteiger partial charge in [-0.25, -0.2) is 9.18 Å². The molecular weight excluding hydrogens is 469 g/mol. The minimum atomic E-state index is -0.285. The molecule has 0 saturated carbocycles. The van der Waals surface area contributed by atoms with Gasteiger partial charge in [0.2, 0.25) is 0 Å². The van der Waals surface area contributed by atoms with E-state index in [0.29, 0.717) is 29.5 Å². The molecule has 0 aromatic heterocycles. The molecule has 8 nitrogen and oxygen atoms in total. The molecule has 1 fully saturated rings. The van der Waals surface area contributed by atoms with Gasteiger partial charge in [-0.3, -0.25) is 9.98 Å². The predicted octanol–water partition coefficient (Wildman–Crippen LogP) is 4.64. The molecule has 1 saturated heterocycles. The van der Waals surface area contributed by atoms with E-state index < -0.39 is 0 Å². The number of allylic oxidation sites excluding steroid dienone is 2. The van der Waals surface area contributed by atoms with Crippen LogP contribution in [-0.4, -0.2) is 49.5 Å². The van der Waals surface area contributed by atoms with Crippen molar-refractivity contribution in [1.82, 2.24) is 10.2 Å². The molecule has 6 N–H and O–H groups in total. The van der Waals surface area contributed by atoms with Gasteiger partial charge in [0.1, 0.15) is 5.82 Å². The predicted molar refractivity (Wildman–Crippen MR) is 150 cm³/mol. The van der Waals surface area contributed by atoms with Crippen LogP contribution < -0.4 is 22.1 Å². The number of amides is 2. The van der Waals surface area contributed by atoms with Crippen molar-refractivity contribution < 1.29 is 9.18 Å². The maximum atomic E-state index is 13.2. The highest BCUT2D eigenvalue weighted by molar-refractivity contribution is 5.91. The molecule has 1 heterocycles. The summed E-state index contributed by atoms with van der Waals surface area (Å²) in [7, 11) is 0. The number of anilines is 1. The summed E-state index contributed by atoms with van der Waals surface area (Å²) in [6, 6.07) is 11.8. The van der Waals surface area contributed by atoms with Crippen LogP contribution in [0, 0.1) is 11.7 Å². The molecular formula is C28H36FN7O. The number of urea groups is 1. The van der Waals surface area contributed by atoms with Crippen molar-refractivity contribution in [3.05, 3.63) is 78.4 Å². The third kappa shape index (κ3) is 10.3. The molecule has 2 aromatic carbocycles. The highest BCUT2D eigenvalue weighted by Gasteiger charge is 2.20. The number of nitrogens with zero attached hydrogens (tertiary/aromatic N) is 3. The zero-order valence-electron chi connectivity index (χ0n) is 21.0. The number of nitrogens with two attached hydrogens (primary N) is 2. The van der Waals surface area contributed by atoms with Crippen molar-refractivity contribution in [2.24, 2.45) is 27.4 Å². The van der Waals surface area contributed by atoms with Crippen LogP contribution in [0.1, 0.15) is 24.8 Å². The number of benzene rings is 2. The van der Waals surface area contributed by atoms with Gasteiger partial charge in [0.15, 0.2) is 0 Å². The third-order valence-electron chi connectivity index (χ3n) is 5.98. The van der Waals surface area contributed by atoms with Crippen LogP contribution in [-0.2, 0) is 6.42 Å². The number of likely N-dealkylation sites (tertiary alicyclic amines) is 1. The molecule has 1 aliphatic heterocycles. The number of aliphatic imine (C=N–C) groups is 2. The van der Waals surface area contributed by atoms with E-state index in [-0.39, 0.29) is 11.8 Å². The van der Waals surface area contributed by atoms with E-state index in [0.717, 1.165) is 38.9 Å². The summed E-state index contributed by atoms with van der Waals surface area (Å²) in [5.74, 6) is 0.378. The fourth-order valence-corrected chi connectivity index (χ4v) is 4.33. The number of piperidine rings is 1. The van der Waals surface area contributed by atoms with Gasteiger partial charge in [-0.2, -0.15) is 0 Å². The van der Waals surface area contributed by atoms with Gasteiger partial charge >= 0.3 is 6.03 Å². The van der Waals surface area contributed by atoms with E-state index >= 15 is 0 Å². The molecule has 9 heteroatoms. The molecule has 1 aliphatic rings. The lowest BCUT2D eigenvalue weighted by atomic mass is 9.91. The van der Waals surface area contributed by atoms with E-state index in [1.54, 1.807) is 42.8 Å². The van der Waals surface area contributed by atoms with E-state index in [9.17, 15) is 9.18 Å². The molecule has 0 bridgehead atoms. The topological polar surface area (TPSA) is 121 Å². The molecule has 3 rings (SSSR count). The van der Waals surface area contributed by atoms with Crippen LogP contribution >= 0.6 is 0 Å². The minimum absolute atomic E-state index is 0.194. The van der Waals surface area contributed by atoms with Crippen molar-refractivity contribution in [2.75, 3.05) is 31.5 Å². The second-order valence-electron chi connectivity index (χ2n) is 8.94. The van der Waals surface area contributed by atoms with Crippen molar-refractivity contribution in [2.45, 2.75) is 25.7 Å². The summed E-state index contributed by atoms with van der Waals surface area (Å²) in [6.45, 7) is 3.59. The second kappa shape index (κ2) is 15.2. The SMILES string of the molecule is N/C=C\C=Nc1cc(N=C/C=C\N)cc(NC(=O)NCCCN2CCC[C@@H](Cc3ccc(F)cc3)C2)c1. The van der Waals surface area contributed by atoms with E-state index in [2.05, 4.69) is 25.5 Å². The Hall–Kier alpha value is -3.98. The molecule has 2 aromatic rings. The summed E-state index contributed by atoms with van der Waals surface area (Å²) in [4.78, 5) is 23.6. The number of nitrogens with one attached hydrogen (secondary N) is 2. The van der Waals surface area contributed by atoms with Gasteiger partial charge in [0.25, 0.3) is 0 Å². The standard InChI is InChI=1S/C28H36FN7O/c29-24-8-6-22(7-9-24)17-23-5-1-15-36(21-23)16-4-14-34-28(37)35-27-19-25(32-12-2-10-30)18-26(20-27)33-13-3-11-31/h2-3,6-13,18-20,23H,1,4-5,14-17,21,30-31H2,(H2,34,35,37)/b10-2-,11-3-,32-12?,33-13?/t23-/m0/s1. The Morgan fingerprint density at radius 1 is 1.05 bits per heavy atom. The van der Waals surface area contributed by atoms with Crippen molar-refractivity contribution in [3.63, 3.8) is 0 Å². The monoisotopic (exact) mass is 505 g/mol. The summed E-state index contributed by atoms with van der Waals surface area (Å²) in [5.41, 5.74) is 13.7. The first-order valence-corrected chi connectivity index (χ1v) is 12.5. The Kier molecular flexibility index (Phi) is 11.3. The first-order chi connectivity index (χ1) is 18.1. The van der Waals surface area contributed by atoms with Crippen molar-refractivity contribution in [3.8, 4) is 0 Å². The first-order valence-electron chi connectivity index (χ1n) is 12.5. The van der Waals surface area contributed by atoms with Crippen molar-refractivity contribution >= 4 is 35.5 Å². The first kappa shape index (κ1) is 27.6. The number of rotatable bonds is 11. The minimum Gasteiger partial charge on any atom is -0.405 e. The number of hydrogen-bond acceptors (Lipinski definition) is 6. The summed E-state index contributed by atoms with van der Waals surface area (Å²) < 4.78 is 13.2. The molecule has 0 unspecified atom stereocenters. The Labute approximate surface area is 218 Å². The highest BCUT2D eigenvalue weighted by atomic mass is 19.1. The zero-order chi connectivity index (χ0) is 26.3. The number of carbonyl (C=O) groups is 1. The molecule has 0 aliphatic carbocycles. The summed E-state index contributed by atoms with van der Waals surface area (Å²) in [5, 5.41) is 5.78. The lowest BCUT2D eigenvalue weighted by Crippen LogP contribution is -2.38. The fraction of sp³-hybridized carbons (Fsp3) is 0.321. The van der Waals surface area contributed by atoms with E-state index in [1.165, 1.54) is 36.5 Å². The Balaban J connectivity index is 1.45. The van der Waals surface area contributed by atoms with Crippen LogP contribution in [0.15, 0.2) is 77.0 Å². The van der Waals surface area contributed by atoms with Gasteiger partial charge in [-0.1, -0.05) is 12.1 Å². The molecule has 0 spiro atoms. The number of hydrogen-bond donors (Lipinski definition) is 4. The van der Waals surface area contributed by atoms with Gasteiger partial charge in [0.05, 0.1) is 11.4 Å². The maximum absolute atomic E-state index is 13.2. The third-order valence-corrected chi connectivity index (χ3v) is 5.98. The Bertz CT molecular complexity index is 1070. The zero-order valence-corrected chi connectivity index (χ0v) is 21.0. The number of carbonyl (C=O) groups excluding carboxylic acids is 1. The van der Waals surface area contributed by atoms with Crippen LogP contribution in [0.4, 0.5) is 26.2 Å². The van der Waals surface area contributed by atoms with Gasteiger partial charge in [-0.15, -0.1) is 0 Å². The largest absolute Gasteiger partial charge is 0.405 e. The average molecular weight is 506 g/mol. The number of halogens is 1. The lowest BCUT2D eigenvalue weighted by molar-refractivity contribution is 0.172. The smallest absolute Gasteiger partial charge is 0.319 e. The normalized spacial score (nSPS) is 16.8. The van der Waals surface area contributed by atoms with Crippen LogP contribution in [0.25, 0.3) is 0 Å². The highest BCUT2D eigenvalue weighted by Crippen LogP contribution is 2.26. The quantitative estimate of drug-likeness (QED) is 0.263. The molecule has 37 heavy (non-hydrogen) atoms. The van der Waals surface area contributed by atoms with Crippen LogP contribution in [0.2, 0.25) is 0 Å². The van der Waals surface area contributed by atoms with E-state index in [4.69, 9.17) is 11.5 Å².